The molecular formula is C31H42N6O6. The van der Waals surface area contributed by atoms with Gasteiger partial charge in [0.25, 0.3) is 0 Å². The molecule has 2 saturated heterocycles. The first-order valence-electron chi connectivity index (χ1n) is 15.8. The Morgan fingerprint density at radius 2 is 1.88 bits per heavy atom. The molecule has 2 aliphatic heterocycles. The summed E-state index contributed by atoms with van der Waals surface area (Å²) in [5.74, 6) is 1.60. The number of carbonyl (C=O) groups is 1. The van der Waals surface area contributed by atoms with Crippen LogP contribution in [0.15, 0.2) is 9.32 Å². The monoisotopic (exact) mass is 594 g/mol. The molecule has 0 unspecified atom stereocenters. The molecule has 4 aliphatic rings. The van der Waals surface area contributed by atoms with Gasteiger partial charge in [-0.25, -0.2) is 9.78 Å². The fourth-order valence-corrected chi connectivity index (χ4v) is 8.14. The van der Waals surface area contributed by atoms with E-state index in [-0.39, 0.29) is 35.8 Å². The van der Waals surface area contributed by atoms with Gasteiger partial charge < -0.3 is 18.7 Å². The number of Topliss-reactive ketones (excluding diaryl/α,β-unsaturated/α-hetero) is 1. The number of likely N-dealkylation sites (N-methyl/N-ethyl adjacent to an activating group) is 1. The van der Waals surface area contributed by atoms with E-state index in [1.54, 1.807) is 23.3 Å². The molecule has 0 N–H and O–H groups in total. The summed E-state index contributed by atoms with van der Waals surface area (Å²) in [4.78, 5) is 39.2. The quantitative estimate of drug-likeness (QED) is 0.419. The Morgan fingerprint density at radius 1 is 1.05 bits per heavy atom. The van der Waals surface area contributed by atoms with Gasteiger partial charge in [-0.3, -0.25) is 18.8 Å². The van der Waals surface area contributed by atoms with Crippen LogP contribution >= 0.6 is 0 Å². The van der Waals surface area contributed by atoms with Gasteiger partial charge in [-0.2, -0.15) is 4.98 Å². The fourth-order valence-electron chi connectivity index (χ4n) is 8.14. The molecule has 0 amide bonds. The van der Waals surface area contributed by atoms with E-state index in [9.17, 15) is 9.59 Å². The van der Waals surface area contributed by atoms with Crippen LogP contribution in [-0.2, 0) is 33.2 Å². The predicted octanol–water partition coefficient (Wildman–Crippen LogP) is 3.34. The molecular weight excluding hydrogens is 552 g/mol. The molecule has 5 heterocycles. The largest absolute Gasteiger partial charge is 0.471 e. The van der Waals surface area contributed by atoms with Gasteiger partial charge >= 0.3 is 5.69 Å². The number of ether oxygens (including phenoxy) is 3. The second-order valence-corrected chi connectivity index (χ2v) is 12.9. The minimum atomic E-state index is -0.606. The number of ketones is 1. The summed E-state index contributed by atoms with van der Waals surface area (Å²) in [6.45, 7) is 4.05. The van der Waals surface area contributed by atoms with E-state index in [0.717, 1.165) is 69.9 Å². The molecule has 12 nitrogen and oxygen atoms in total. The van der Waals surface area contributed by atoms with Crippen molar-refractivity contribution in [3.63, 3.8) is 0 Å². The van der Waals surface area contributed by atoms with E-state index in [4.69, 9.17) is 28.7 Å². The van der Waals surface area contributed by atoms with E-state index in [0.29, 0.717) is 54.0 Å². The van der Waals surface area contributed by atoms with E-state index < -0.39 is 5.41 Å². The third kappa shape index (κ3) is 4.55. The molecule has 0 radical (unpaired) electrons. The average molecular weight is 595 g/mol. The Kier molecular flexibility index (Phi) is 7.41. The lowest BCUT2D eigenvalue weighted by Gasteiger charge is -2.36. The molecule has 2 aliphatic carbocycles. The van der Waals surface area contributed by atoms with Gasteiger partial charge in [-0.05, 0) is 65.3 Å². The van der Waals surface area contributed by atoms with Crippen molar-refractivity contribution in [2.75, 3.05) is 33.9 Å². The summed E-state index contributed by atoms with van der Waals surface area (Å²) in [5, 5.41) is 4.51. The molecule has 7 rings (SSSR count). The van der Waals surface area contributed by atoms with Crippen LogP contribution in [0.5, 0.6) is 5.88 Å². The van der Waals surface area contributed by atoms with Crippen molar-refractivity contribution in [2.45, 2.75) is 101 Å². The minimum Gasteiger partial charge on any atom is -0.471 e. The Balaban J connectivity index is 1.38. The summed E-state index contributed by atoms with van der Waals surface area (Å²) in [7, 11) is 5.55. The first-order chi connectivity index (χ1) is 20.8. The Labute approximate surface area is 250 Å². The van der Waals surface area contributed by atoms with Crippen molar-refractivity contribution in [3.8, 4) is 17.4 Å². The number of nitrogens with zero attached hydrogens (tertiary/aromatic N) is 6. The van der Waals surface area contributed by atoms with Gasteiger partial charge in [0.05, 0.1) is 30.2 Å². The van der Waals surface area contributed by atoms with Gasteiger partial charge in [0, 0.05) is 39.3 Å². The number of aryl methyl sites for hydroxylation is 1. The summed E-state index contributed by atoms with van der Waals surface area (Å²) in [6.07, 6.45) is 8.01. The SMILES string of the molecule is CO[C@H]1CCN(C)[C@@H]1[C@H](C)Oc1nc(-c2noc3c2CCC[C@@]32CCCCC2=O)nc2c1n(C)c(=O)n2[C@@H]1CCCOC1. The topological polar surface area (TPSA) is 127 Å². The van der Waals surface area contributed by atoms with Crippen molar-refractivity contribution < 1.29 is 23.5 Å². The molecule has 0 aromatic carbocycles. The van der Waals surface area contributed by atoms with Crippen LogP contribution in [-0.4, -0.2) is 87.1 Å². The first kappa shape index (κ1) is 28.7. The van der Waals surface area contributed by atoms with Crippen LogP contribution in [0.3, 0.4) is 0 Å². The highest BCUT2D eigenvalue weighted by atomic mass is 16.5. The summed E-state index contributed by atoms with van der Waals surface area (Å²) < 4.78 is 27.6. The number of likely N-dealkylation sites (tertiary alicyclic amines) is 1. The number of aromatic nitrogens is 5. The summed E-state index contributed by atoms with van der Waals surface area (Å²) >= 11 is 0. The minimum absolute atomic E-state index is 0.0151. The van der Waals surface area contributed by atoms with Crippen LogP contribution in [0.1, 0.15) is 82.1 Å². The summed E-state index contributed by atoms with van der Waals surface area (Å²) in [6, 6.07) is -0.132. The highest BCUT2D eigenvalue weighted by molar-refractivity contribution is 5.91. The second kappa shape index (κ2) is 11.1. The maximum Gasteiger partial charge on any atom is 0.330 e. The Hall–Kier alpha value is -3.09. The van der Waals surface area contributed by atoms with Crippen molar-refractivity contribution in [2.24, 2.45) is 7.05 Å². The van der Waals surface area contributed by atoms with Crippen LogP contribution in [0.2, 0.25) is 0 Å². The van der Waals surface area contributed by atoms with E-state index >= 15 is 0 Å². The zero-order valence-electron chi connectivity index (χ0n) is 25.6. The van der Waals surface area contributed by atoms with Crippen molar-refractivity contribution >= 4 is 16.9 Å². The highest BCUT2D eigenvalue weighted by Gasteiger charge is 2.49. The first-order valence-corrected chi connectivity index (χ1v) is 15.8. The predicted molar refractivity (Wildman–Crippen MR) is 157 cm³/mol. The van der Waals surface area contributed by atoms with E-state index in [2.05, 4.69) is 17.1 Å². The molecule has 5 atom stereocenters. The van der Waals surface area contributed by atoms with Crippen LogP contribution in [0.4, 0.5) is 0 Å². The smallest absolute Gasteiger partial charge is 0.330 e. The normalized spacial score (nSPS) is 28.9. The highest BCUT2D eigenvalue weighted by Crippen LogP contribution is 2.47. The van der Waals surface area contributed by atoms with Crippen molar-refractivity contribution in [3.05, 3.63) is 21.8 Å². The number of hydrogen-bond donors (Lipinski definition) is 0. The van der Waals surface area contributed by atoms with Gasteiger partial charge in [0.1, 0.15) is 11.9 Å². The molecule has 0 bridgehead atoms. The van der Waals surface area contributed by atoms with Crippen molar-refractivity contribution in [1.82, 2.24) is 29.2 Å². The van der Waals surface area contributed by atoms with Crippen LogP contribution in [0, 0.1) is 0 Å². The van der Waals surface area contributed by atoms with Gasteiger partial charge in [0.2, 0.25) is 5.88 Å². The summed E-state index contributed by atoms with van der Waals surface area (Å²) in [5.41, 5.74) is 1.68. The number of imidazole rings is 1. The molecule has 43 heavy (non-hydrogen) atoms. The molecule has 3 aromatic rings. The maximum absolute atomic E-state index is 13.7. The zero-order chi connectivity index (χ0) is 29.9. The molecule has 3 aromatic heterocycles. The Morgan fingerprint density at radius 3 is 2.65 bits per heavy atom. The fraction of sp³-hybridized carbons (Fsp3) is 0.710. The van der Waals surface area contributed by atoms with Crippen LogP contribution in [0.25, 0.3) is 22.7 Å². The third-order valence-corrected chi connectivity index (χ3v) is 10.4. The lowest BCUT2D eigenvalue weighted by molar-refractivity contribution is -0.128. The number of rotatable bonds is 6. The van der Waals surface area contributed by atoms with E-state index in [1.807, 2.05) is 6.92 Å². The Bertz CT molecular complexity index is 1590. The molecule has 12 heteroatoms. The lowest BCUT2D eigenvalue weighted by Crippen LogP contribution is -2.45. The zero-order valence-corrected chi connectivity index (χ0v) is 25.6. The van der Waals surface area contributed by atoms with Gasteiger partial charge in [-0.1, -0.05) is 11.6 Å². The second-order valence-electron chi connectivity index (χ2n) is 12.9. The number of methoxy groups -OCH3 is 1. The number of fused-ring (bicyclic) bond motifs is 3. The van der Waals surface area contributed by atoms with Crippen molar-refractivity contribution in [1.29, 1.82) is 0 Å². The maximum atomic E-state index is 13.7. The number of hydrogen-bond acceptors (Lipinski definition) is 10. The molecule has 232 valence electrons. The van der Waals surface area contributed by atoms with E-state index in [1.165, 1.54) is 0 Å². The van der Waals surface area contributed by atoms with Crippen LogP contribution < -0.4 is 10.4 Å². The molecule has 1 spiro atoms. The average Bonchev–Trinajstić information content (AvgIpc) is 3.69. The third-order valence-electron chi connectivity index (χ3n) is 10.4. The van der Waals surface area contributed by atoms with Gasteiger partial charge in [-0.15, -0.1) is 0 Å². The molecule has 1 saturated carbocycles. The standard InChI is InChI=1S/C31H42N6O6/c1-18(24-21(40-4)12-15-35(24)2)42-29-25-28(37(30(39)36(25)3)19-9-8-16-41-17-19)32-27(33-29)23-20-10-7-14-31(26(20)43-34-23)13-6-5-11-22(31)38/h18-19,21,24H,5-17H2,1-4H3/t18-,19+,21-,24+,31+/m0/s1. The van der Waals surface area contributed by atoms with Gasteiger partial charge in [0.15, 0.2) is 28.4 Å². The lowest BCUT2D eigenvalue weighted by atomic mass is 9.64. The molecule has 3 fully saturated rings. The number of carbonyl (C=O) groups excluding carboxylic acids is 1.